The number of sulfone groups is 1. The molecular formula is C11H19NO4S. The molecule has 17 heavy (non-hydrogen) atoms. The molecule has 1 amide bonds. The maximum Gasteiger partial charge on any atom is 0.220 e. The molecule has 2 aliphatic rings. The normalized spacial score (nSPS) is 29.1. The topological polar surface area (TPSA) is 72.5 Å². The number of rotatable bonds is 3. The molecule has 5 nitrogen and oxygen atoms in total. The quantitative estimate of drug-likeness (QED) is 0.782. The Kier molecular flexibility index (Phi) is 4.04. The molecule has 0 aliphatic carbocycles. The van der Waals surface area contributed by atoms with Crippen molar-refractivity contribution in [2.24, 2.45) is 5.92 Å². The molecule has 0 aromatic carbocycles. The highest BCUT2D eigenvalue weighted by atomic mass is 32.2. The maximum atomic E-state index is 11.7. The Morgan fingerprint density at radius 3 is 2.53 bits per heavy atom. The first kappa shape index (κ1) is 12.8. The number of carbonyl (C=O) groups is 1. The van der Waals surface area contributed by atoms with Crippen molar-refractivity contribution < 1.29 is 17.9 Å². The average molecular weight is 261 g/mol. The second-order valence-electron chi connectivity index (χ2n) is 4.93. The van der Waals surface area contributed by atoms with Gasteiger partial charge in [-0.25, -0.2) is 8.42 Å². The highest BCUT2D eigenvalue weighted by molar-refractivity contribution is 7.91. The van der Waals surface area contributed by atoms with Crippen LogP contribution in [0.25, 0.3) is 0 Å². The van der Waals surface area contributed by atoms with Crippen LogP contribution in [0.4, 0.5) is 0 Å². The Hall–Kier alpha value is -0.620. The molecule has 0 radical (unpaired) electrons. The van der Waals surface area contributed by atoms with Crippen molar-refractivity contribution in [2.45, 2.75) is 31.7 Å². The Morgan fingerprint density at radius 2 is 1.94 bits per heavy atom. The average Bonchev–Trinajstić information content (AvgIpc) is 2.59. The van der Waals surface area contributed by atoms with Crippen LogP contribution in [0, 0.1) is 5.92 Å². The summed E-state index contributed by atoms with van der Waals surface area (Å²) in [6.45, 7) is 1.46. The first-order valence-electron chi connectivity index (χ1n) is 6.13. The molecule has 0 aromatic heterocycles. The van der Waals surface area contributed by atoms with Crippen molar-refractivity contribution in [1.29, 1.82) is 0 Å². The van der Waals surface area contributed by atoms with Crippen LogP contribution in [0.1, 0.15) is 25.7 Å². The van der Waals surface area contributed by atoms with E-state index in [2.05, 4.69) is 5.32 Å². The van der Waals surface area contributed by atoms with E-state index in [1.807, 2.05) is 0 Å². The Balaban J connectivity index is 1.74. The van der Waals surface area contributed by atoms with Crippen molar-refractivity contribution >= 4 is 15.7 Å². The lowest BCUT2D eigenvalue weighted by Crippen LogP contribution is -2.37. The van der Waals surface area contributed by atoms with Gasteiger partial charge in [0.25, 0.3) is 0 Å². The van der Waals surface area contributed by atoms with E-state index in [0.29, 0.717) is 18.8 Å². The molecule has 1 atom stereocenters. The summed E-state index contributed by atoms with van der Waals surface area (Å²) in [6, 6.07) is -0.174. The van der Waals surface area contributed by atoms with Crippen molar-refractivity contribution in [1.82, 2.24) is 5.32 Å². The van der Waals surface area contributed by atoms with Crippen LogP contribution < -0.4 is 5.32 Å². The van der Waals surface area contributed by atoms with Gasteiger partial charge in [0.05, 0.1) is 11.5 Å². The Labute approximate surface area is 102 Å². The predicted octanol–water partition coefficient (Wildman–Crippen LogP) is 0.106. The molecule has 2 fully saturated rings. The summed E-state index contributed by atoms with van der Waals surface area (Å²) in [7, 11) is -2.91. The van der Waals surface area contributed by atoms with Crippen LogP contribution in [0.2, 0.25) is 0 Å². The lowest BCUT2D eigenvalue weighted by molar-refractivity contribution is -0.123. The molecule has 0 saturated carbocycles. The van der Waals surface area contributed by atoms with Crippen LogP contribution in [-0.4, -0.2) is 45.1 Å². The smallest absolute Gasteiger partial charge is 0.220 e. The number of carbonyl (C=O) groups excluding carboxylic acids is 1. The zero-order chi connectivity index (χ0) is 12.3. The molecule has 2 aliphatic heterocycles. The van der Waals surface area contributed by atoms with Crippen molar-refractivity contribution in [3.05, 3.63) is 0 Å². The molecule has 1 N–H and O–H groups in total. The van der Waals surface area contributed by atoms with Crippen molar-refractivity contribution in [3.63, 3.8) is 0 Å². The summed E-state index contributed by atoms with van der Waals surface area (Å²) >= 11 is 0. The van der Waals surface area contributed by atoms with Crippen LogP contribution in [0.5, 0.6) is 0 Å². The van der Waals surface area contributed by atoms with E-state index < -0.39 is 9.84 Å². The molecule has 2 rings (SSSR count). The molecule has 2 heterocycles. The number of nitrogens with one attached hydrogen (secondary N) is 1. The highest BCUT2D eigenvalue weighted by Crippen LogP contribution is 2.19. The summed E-state index contributed by atoms with van der Waals surface area (Å²) in [5.74, 6) is 0.683. The van der Waals surface area contributed by atoms with Gasteiger partial charge in [-0.05, 0) is 25.2 Å². The fourth-order valence-corrected chi connectivity index (χ4v) is 4.08. The molecule has 0 aromatic rings. The summed E-state index contributed by atoms with van der Waals surface area (Å²) < 4.78 is 27.7. The van der Waals surface area contributed by atoms with Crippen LogP contribution in [0.3, 0.4) is 0 Å². The second kappa shape index (κ2) is 5.35. The van der Waals surface area contributed by atoms with E-state index in [1.54, 1.807) is 0 Å². The maximum absolute atomic E-state index is 11.7. The number of amides is 1. The van der Waals surface area contributed by atoms with Gasteiger partial charge in [0.15, 0.2) is 9.84 Å². The monoisotopic (exact) mass is 261 g/mol. The van der Waals surface area contributed by atoms with Gasteiger partial charge in [-0.15, -0.1) is 0 Å². The van der Waals surface area contributed by atoms with Crippen molar-refractivity contribution in [3.8, 4) is 0 Å². The van der Waals surface area contributed by atoms with E-state index >= 15 is 0 Å². The summed E-state index contributed by atoms with van der Waals surface area (Å²) in [4.78, 5) is 11.7. The molecule has 1 unspecified atom stereocenters. The van der Waals surface area contributed by atoms with Gasteiger partial charge in [0.1, 0.15) is 0 Å². The van der Waals surface area contributed by atoms with Gasteiger partial charge in [-0.3, -0.25) is 4.79 Å². The van der Waals surface area contributed by atoms with Gasteiger partial charge in [-0.1, -0.05) is 0 Å². The lowest BCUT2D eigenvalue weighted by atomic mass is 9.96. The minimum absolute atomic E-state index is 0.0148. The van der Waals surface area contributed by atoms with Gasteiger partial charge in [-0.2, -0.15) is 0 Å². The third kappa shape index (κ3) is 3.96. The Morgan fingerprint density at radius 1 is 1.24 bits per heavy atom. The van der Waals surface area contributed by atoms with Gasteiger partial charge < -0.3 is 10.1 Å². The standard InChI is InChI=1S/C11H19NO4S/c13-11(7-9-1-4-16-5-2-9)12-10-3-6-17(14,15)8-10/h9-10H,1-8H2,(H,12,13). The molecular weight excluding hydrogens is 242 g/mol. The first-order valence-corrected chi connectivity index (χ1v) is 7.95. The molecule has 98 valence electrons. The lowest BCUT2D eigenvalue weighted by Gasteiger charge is -2.22. The minimum atomic E-state index is -2.91. The van der Waals surface area contributed by atoms with Crippen LogP contribution >= 0.6 is 0 Å². The number of hydrogen-bond acceptors (Lipinski definition) is 4. The zero-order valence-corrected chi connectivity index (χ0v) is 10.7. The molecule has 2 saturated heterocycles. The zero-order valence-electron chi connectivity index (χ0n) is 9.85. The largest absolute Gasteiger partial charge is 0.381 e. The van der Waals surface area contributed by atoms with Gasteiger partial charge in [0.2, 0.25) is 5.91 Å². The Bertz CT molecular complexity index is 373. The van der Waals surface area contributed by atoms with Gasteiger partial charge >= 0.3 is 0 Å². The molecule has 0 bridgehead atoms. The third-order valence-corrected chi connectivity index (χ3v) is 5.18. The van der Waals surface area contributed by atoms with E-state index in [0.717, 1.165) is 26.1 Å². The second-order valence-corrected chi connectivity index (χ2v) is 7.16. The van der Waals surface area contributed by atoms with E-state index in [-0.39, 0.29) is 23.5 Å². The van der Waals surface area contributed by atoms with Crippen molar-refractivity contribution in [2.75, 3.05) is 24.7 Å². The fourth-order valence-electron chi connectivity index (χ4n) is 2.41. The van der Waals surface area contributed by atoms with E-state index in [4.69, 9.17) is 4.74 Å². The predicted molar refractivity (Wildman–Crippen MR) is 63.4 cm³/mol. The SMILES string of the molecule is O=C(CC1CCOCC1)NC1CCS(=O)(=O)C1. The summed E-state index contributed by atoms with van der Waals surface area (Å²) in [5.41, 5.74) is 0. The van der Waals surface area contributed by atoms with E-state index in [9.17, 15) is 13.2 Å². The third-order valence-electron chi connectivity index (χ3n) is 3.41. The minimum Gasteiger partial charge on any atom is -0.381 e. The van der Waals surface area contributed by atoms with Crippen LogP contribution in [0.15, 0.2) is 0 Å². The highest BCUT2D eigenvalue weighted by Gasteiger charge is 2.29. The number of hydrogen-bond donors (Lipinski definition) is 1. The molecule has 0 spiro atoms. The fraction of sp³-hybridized carbons (Fsp3) is 0.909. The first-order chi connectivity index (χ1) is 8.05. The molecule has 6 heteroatoms. The number of ether oxygens (including phenoxy) is 1. The van der Waals surface area contributed by atoms with Crippen LogP contribution in [-0.2, 0) is 19.4 Å². The summed E-state index contributed by atoms with van der Waals surface area (Å²) in [6.07, 6.45) is 2.91. The summed E-state index contributed by atoms with van der Waals surface area (Å²) in [5, 5.41) is 2.82. The van der Waals surface area contributed by atoms with E-state index in [1.165, 1.54) is 0 Å². The van der Waals surface area contributed by atoms with Gasteiger partial charge in [0, 0.05) is 25.7 Å².